The molecule has 0 radical (unpaired) electrons. The van der Waals surface area contributed by atoms with Gasteiger partial charge in [-0.05, 0) is 44.7 Å². The van der Waals surface area contributed by atoms with E-state index in [1.54, 1.807) is 0 Å². The number of hydrogen-bond acceptors (Lipinski definition) is 3. The van der Waals surface area contributed by atoms with Crippen molar-refractivity contribution in [2.75, 3.05) is 0 Å². The van der Waals surface area contributed by atoms with E-state index in [1.807, 2.05) is 20.8 Å². The normalized spacial score (nSPS) is 21.0. The van der Waals surface area contributed by atoms with Crippen molar-refractivity contribution < 1.29 is 9.53 Å². The molecule has 0 atom stereocenters. The van der Waals surface area contributed by atoms with E-state index in [0.717, 1.165) is 12.8 Å². The fourth-order valence-corrected chi connectivity index (χ4v) is 3.93. The second-order valence-corrected chi connectivity index (χ2v) is 8.19. The molecule has 1 N–H and O–H groups in total. The summed E-state index contributed by atoms with van der Waals surface area (Å²) in [6.07, 6.45) is 7.66. The van der Waals surface area contributed by atoms with Crippen LogP contribution in [-0.4, -0.2) is 23.2 Å². The second-order valence-electron chi connectivity index (χ2n) is 8.19. The van der Waals surface area contributed by atoms with Crippen molar-refractivity contribution in [2.45, 2.75) is 82.9 Å². The highest BCUT2D eigenvalue weighted by Gasteiger charge is 2.47. The van der Waals surface area contributed by atoms with Gasteiger partial charge in [-0.3, -0.25) is 10.1 Å². The average Bonchev–Trinajstić information content (AvgIpc) is 2.86. The van der Waals surface area contributed by atoms with Crippen LogP contribution in [0.5, 0.6) is 0 Å². The van der Waals surface area contributed by atoms with Crippen molar-refractivity contribution in [3.05, 3.63) is 35.4 Å². The Bertz CT molecular complexity index is 542. The zero-order valence-corrected chi connectivity index (χ0v) is 14.7. The predicted octanol–water partition coefficient (Wildman–Crippen LogP) is 3.79. The van der Waals surface area contributed by atoms with Crippen molar-refractivity contribution in [1.82, 2.24) is 5.32 Å². The summed E-state index contributed by atoms with van der Waals surface area (Å²) in [7, 11) is 0. The third-order valence-corrected chi connectivity index (χ3v) is 4.98. The van der Waals surface area contributed by atoms with Gasteiger partial charge in [0.25, 0.3) is 0 Å². The number of benzene rings is 1. The summed E-state index contributed by atoms with van der Waals surface area (Å²) in [6, 6.07) is 8.84. The monoisotopic (exact) mass is 315 g/mol. The number of hydrogen-bond donors (Lipinski definition) is 1. The largest absolute Gasteiger partial charge is 0.459 e. The minimum Gasteiger partial charge on any atom is -0.459 e. The first-order chi connectivity index (χ1) is 10.9. The molecular weight excluding hydrogens is 286 g/mol. The standard InChI is InChI=1S/C20H29NO2/c1-19(2,3)23-18(22)20(21-17-11-5-4-6-12-17)13-15-9-7-8-10-16(15)14-20/h7-10,17,21H,4-6,11-14H2,1-3H3. The highest BCUT2D eigenvalue weighted by atomic mass is 16.6. The molecule has 1 fully saturated rings. The van der Waals surface area contributed by atoms with Crippen LogP contribution in [0.25, 0.3) is 0 Å². The highest BCUT2D eigenvalue weighted by molar-refractivity contribution is 5.83. The van der Waals surface area contributed by atoms with Gasteiger partial charge in [0.15, 0.2) is 0 Å². The number of ether oxygens (including phenoxy) is 1. The number of carbonyl (C=O) groups excluding carboxylic acids is 1. The molecule has 2 aliphatic carbocycles. The Hall–Kier alpha value is -1.35. The number of esters is 1. The number of nitrogens with one attached hydrogen (secondary N) is 1. The van der Waals surface area contributed by atoms with Crippen molar-refractivity contribution in [3.8, 4) is 0 Å². The Morgan fingerprint density at radius 2 is 1.65 bits per heavy atom. The van der Waals surface area contributed by atoms with E-state index in [4.69, 9.17) is 4.74 Å². The molecule has 3 rings (SSSR count). The first-order valence-corrected chi connectivity index (χ1v) is 8.96. The van der Waals surface area contributed by atoms with Gasteiger partial charge >= 0.3 is 5.97 Å². The summed E-state index contributed by atoms with van der Waals surface area (Å²) in [4.78, 5) is 13.0. The maximum absolute atomic E-state index is 13.0. The van der Waals surface area contributed by atoms with Crippen LogP contribution in [0, 0.1) is 0 Å². The first-order valence-electron chi connectivity index (χ1n) is 8.96. The molecule has 0 heterocycles. The summed E-state index contributed by atoms with van der Waals surface area (Å²) in [6.45, 7) is 5.84. The Balaban J connectivity index is 1.83. The molecular formula is C20H29NO2. The van der Waals surface area contributed by atoms with E-state index >= 15 is 0 Å². The van der Waals surface area contributed by atoms with Gasteiger partial charge in [0.05, 0.1) is 0 Å². The van der Waals surface area contributed by atoms with Crippen LogP contribution in [-0.2, 0) is 22.4 Å². The van der Waals surface area contributed by atoms with Gasteiger partial charge in [-0.25, -0.2) is 0 Å². The topological polar surface area (TPSA) is 38.3 Å². The molecule has 0 saturated heterocycles. The summed E-state index contributed by atoms with van der Waals surface area (Å²) >= 11 is 0. The van der Waals surface area contributed by atoms with Crippen LogP contribution in [0.3, 0.4) is 0 Å². The Labute approximate surface area is 139 Å². The summed E-state index contributed by atoms with van der Waals surface area (Å²) in [5, 5.41) is 3.73. The van der Waals surface area contributed by atoms with Crippen LogP contribution in [0.15, 0.2) is 24.3 Å². The van der Waals surface area contributed by atoms with Crippen LogP contribution >= 0.6 is 0 Å². The van der Waals surface area contributed by atoms with Gasteiger partial charge in [0, 0.05) is 18.9 Å². The molecule has 0 aromatic heterocycles. The second kappa shape index (κ2) is 6.27. The minimum atomic E-state index is -0.584. The zero-order valence-electron chi connectivity index (χ0n) is 14.7. The zero-order chi connectivity index (χ0) is 16.5. The highest BCUT2D eigenvalue weighted by Crippen LogP contribution is 2.34. The Kier molecular flexibility index (Phi) is 4.50. The SMILES string of the molecule is CC(C)(C)OC(=O)C1(NC2CCCCC2)Cc2ccccc2C1. The maximum Gasteiger partial charge on any atom is 0.327 e. The van der Waals surface area contributed by atoms with E-state index in [1.165, 1.54) is 43.2 Å². The lowest BCUT2D eigenvalue weighted by Crippen LogP contribution is -2.59. The third kappa shape index (κ3) is 3.77. The van der Waals surface area contributed by atoms with Crippen LogP contribution in [0.1, 0.15) is 64.0 Å². The van der Waals surface area contributed by atoms with Crippen LogP contribution in [0.2, 0.25) is 0 Å². The molecule has 23 heavy (non-hydrogen) atoms. The number of fused-ring (bicyclic) bond motifs is 1. The van der Waals surface area contributed by atoms with Crippen molar-refractivity contribution in [1.29, 1.82) is 0 Å². The van der Waals surface area contributed by atoms with Gasteiger partial charge in [-0.1, -0.05) is 43.5 Å². The number of carbonyl (C=O) groups is 1. The lowest BCUT2D eigenvalue weighted by atomic mass is 9.89. The smallest absolute Gasteiger partial charge is 0.327 e. The Morgan fingerprint density at radius 1 is 1.09 bits per heavy atom. The fraction of sp³-hybridized carbons (Fsp3) is 0.650. The molecule has 0 aliphatic heterocycles. The molecule has 2 aliphatic rings. The van der Waals surface area contributed by atoms with Crippen LogP contribution < -0.4 is 5.32 Å². The summed E-state index contributed by atoms with van der Waals surface area (Å²) in [5.41, 5.74) is 1.52. The van der Waals surface area contributed by atoms with Gasteiger partial charge in [-0.15, -0.1) is 0 Å². The first kappa shape index (κ1) is 16.5. The Morgan fingerprint density at radius 3 is 2.17 bits per heavy atom. The minimum absolute atomic E-state index is 0.0910. The van der Waals surface area contributed by atoms with Crippen LogP contribution in [0.4, 0.5) is 0 Å². The van der Waals surface area contributed by atoms with Gasteiger partial charge < -0.3 is 4.74 Å². The molecule has 1 aromatic rings. The van der Waals surface area contributed by atoms with Crippen molar-refractivity contribution in [2.24, 2.45) is 0 Å². The van der Waals surface area contributed by atoms with E-state index in [0.29, 0.717) is 6.04 Å². The molecule has 0 amide bonds. The molecule has 0 unspecified atom stereocenters. The molecule has 1 aromatic carbocycles. The molecule has 0 spiro atoms. The lowest BCUT2D eigenvalue weighted by molar-refractivity contribution is -0.163. The van der Waals surface area contributed by atoms with E-state index in [-0.39, 0.29) is 5.97 Å². The van der Waals surface area contributed by atoms with E-state index in [9.17, 15) is 4.79 Å². The summed E-state index contributed by atoms with van der Waals surface area (Å²) < 4.78 is 5.80. The van der Waals surface area contributed by atoms with E-state index in [2.05, 4.69) is 29.6 Å². The molecule has 126 valence electrons. The van der Waals surface area contributed by atoms with Gasteiger partial charge in [-0.2, -0.15) is 0 Å². The molecule has 3 heteroatoms. The van der Waals surface area contributed by atoms with E-state index < -0.39 is 11.1 Å². The lowest BCUT2D eigenvalue weighted by Gasteiger charge is -2.36. The van der Waals surface area contributed by atoms with Gasteiger partial charge in [0.1, 0.15) is 11.1 Å². The number of rotatable bonds is 3. The fourth-order valence-electron chi connectivity index (χ4n) is 3.93. The quantitative estimate of drug-likeness (QED) is 0.863. The van der Waals surface area contributed by atoms with Gasteiger partial charge in [0.2, 0.25) is 0 Å². The predicted molar refractivity (Wildman–Crippen MR) is 92.4 cm³/mol. The molecule has 0 bridgehead atoms. The third-order valence-electron chi connectivity index (χ3n) is 4.98. The molecule has 1 saturated carbocycles. The average molecular weight is 315 g/mol. The summed E-state index contributed by atoms with van der Waals surface area (Å²) in [5.74, 6) is -0.0910. The van der Waals surface area contributed by atoms with Crippen molar-refractivity contribution >= 4 is 5.97 Å². The molecule has 3 nitrogen and oxygen atoms in total. The van der Waals surface area contributed by atoms with Crippen molar-refractivity contribution in [3.63, 3.8) is 0 Å². The maximum atomic E-state index is 13.0.